The largest absolute Gasteiger partial charge is 0.495 e. The van der Waals surface area contributed by atoms with E-state index in [1.165, 1.54) is 10.2 Å². The molecule has 0 bridgehead atoms. The van der Waals surface area contributed by atoms with Gasteiger partial charge in [-0.15, -0.1) is 0 Å². The minimum Gasteiger partial charge on any atom is -0.495 e. The average Bonchev–Trinajstić information content (AvgIpc) is 2.04. The van der Waals surface area contributed by atoms with Gasteiger partial charge in [-0.3, -0.25) is 3.96 Å². The van der Waals surface area contributed by atoms with E-state index in [4.69, 9.17) is 10.5 Å². The predicted molar refractivity (Wildman–Crippen MR) is 51.8 cm³/mol. The molecule has 2 rings (SSSR count). The molecule has 3 nitrogen and oxygen atoms in total. The Hall–Kier alpha value is -1.16. The molecule has 0 amide bonds. The van der Waals surface area contributed by atoms with Crippen LogP contribution in [-0.2, 0) is 7.05 Å². The topological polar surface area (TPSA) is 40.2 Å². The summed E-state index contributed by atoms with van der Waals surface area (Å²) in [5.41, 5.74) is 7.61. The number of rotatable bonds is 1. The van der Waals surface area contributed by atoms with E-state index in [1.54, 1.807) is 18.6 Å². The smallest absolute Gasteiger partial charge is 0.143 e. The van der Waals surface area contributed by atoms with Gasteiger partial charge in [-0.25, -0.2) is 0 Å². The third-order valence-corrected chi connectivity index (χ3v) is 2.88. The molecule has 1 heterocycles. The summed E-state index contributed by atoms with van der Waals surface area (Å²) in [6.45, 7) is 0. The quantitative estimate of drug-likeness (QED) is 0.683. The Morgan fingerprint density at radius 1 is 1.50 bits per heavy atom. The van der Waals surface area contributed by atoms with E-state index >= 15 is 0 Å². The Morgan fingerprint density at radius 2 is 2.25 bits per heavy atom. The molecule has 2 N–H and O–H groups in total. The first-order valence-corrected chi connectivity index (χ1v) is 4.39. The molecule has 2 aromatic rings. The van der Waals surface area contributed by atoms with E-state index in [-0.39, 0.29) is 0 Å². The Bertz CT molecular complexity index is 416. The van der Waals surface area contributed by atoms with Gasteiger partial charge in [0.15, 0.2) is 0 Å². The molecule has 1 aromatic heterocycles. The molecule has 4 heteroatoms. The van der Waals surface area contributed by atoms with Gasteiger partial charge < -0.3 is 10.5 Å². The van der Waals surface area contributed by atoms with Crippen molar-refractivity contribution >= 4 is 27.4 Å². The monoisotopic (exact) mass is 182 g/mol. The van der Waals surface area contributed by atoms with Crippen LogP contribution in [0.4, 0.5) is 5.69 Å². The van der Waals surface area contributed by atoms with Crippen molar-refractivity contribution in [2.24, 2.45) is 7.05 Å². The Balaban J connectivity index is 2.65. The molecule has 0 aliphatic carbocycles. The number of nitrogen functional groups attached to an aromatic ring is 1. The summed E-state index contributed by atoms with van der Waals surface area (Å²) < 4.78 is 8.40. The lowest BCUT2D eigenvalue weighted by Gasteiger charge is -2.12. The van der Waals surface area contributed by atoms with Crippen LogP contribution in [0.3, 0.4) is 0 Å². The Kier molecular flexibility index (Phi) is 1.51. The lowest BCUT2D eigenvalue weighted by atomic mass is 10.3. The van der Waals surface area contributed by atoms with E-state index in [9.17, 15) is 0 Å². The fourth-order valence-corrected chi connectivity index (χ4v) is 2.10. The Morgan fingerprint density at radius 3 is 2.83 bits per heavy atom. The van der Waals surface area contributed by atoms with Crippen molar-refractivity contribution in [3.05, 3.63) is 12.1 Å². The second-order valence-corrected chi connectivity index (χ2v) is 3.82. The molecule has 0 fully saturated rings. The third kappa shape index (κ3) is 0.881. The van der Waals surface area contributed by atoms with Crippen molar-refractivity contribution < 1.29 is 4.74 Å². The summed E-state index contributed by atoms with van der Waals surface area (Å²) >= 11 is 1.69. The Labute approximate surface area is 74.5 Å². The number of nitrogens with two attached hydrogens (primary N) is 1. The molecule has 0 atom stereocenters. The number of ether oxygens (including phenoxy) is 1. The van der Waals surface area contributed by atoms with Crippen molar-refractivity contribution in [2.45, 2.75) is 0 Å². The number of nitrogens with zero attached hydrogens (tertiary/aromatic N) is 1. The molecule has 0 spiro atoms. The molecule has 1 aromatic carbocycles. The van der Waals surface area contributed by atoms with Gasteiger partial charge in [-0.05, 0) is 6.07 Å². The maximum Gasteiger partial charge on any atom is 0.143 e. The molecule has 0 aliphatic heterocycles. The van der Waals surface area contributed by atoms with Crippen LogP contribution in [0.5, 0.6) is 5.75 Å². The number of hydrogen-bond acceptors (Lipinski definition) is 3. The highest BCUT2D eigenvalue weighted by atomic mass is 32.1. The van der Waals surface area contributed by atoms with Crippen molar-refractivity contribution in [2.75, 3.05) is 12.8 Å². The molecule has 12 heavy (non-hydrogen) atoms. The van der Waals surface area contributed by atoms with Gasteiger partial charge in [0.05, 0.1) is 23.0 Å². The zero-order valence-electron chi connectivity index (χ0n) is 7.00. The van der Waals surface area contributed by atoms with E-state index in [2.05, 4.69) is 3.96 Å². The fourth-order valence-electron chi connectivity index (χ4n) is 1.22. The first-order chi connectivity index (χ1) is 5.72. The first kappa shape index (κ1) is 7.49. The number of methoxy groups -OCH3 is 1. The second-order valence-electron chi connectivity index (χ2n) is 2.65. The van der Waals surface area contributed by atoms with Crippen LogP contribution in [-0.4, -0.2) is 11.1 Å². The molecular weight excluding hydrogens is 172 g/mol. The molecule has 0 radical (unpaired) electrons. The molecule has 0 saturated heterocycles. The number of benzene rings is 1. The van der Waals surface area contributed by atoms with E-state index in [0.717, 1.165) is 5.75 Å². The number of hydrogen-bond donors (Lipinski definition) is 1. The molecule has 0 unspecified atom stereocenters. The third-order valence-electron chi connectivity index (χ3n) is 1.89. The van der Waals surface area contributed by atoms with Crippen LogP contribution in [0.2, 0.25) is 0 Å². The summed E-state index contributed by atoms with van der Waals surface area (Å²) in [6, 6.07) is 3.90. The number of anilines is 1. The van der Waals surface area contributed by atoms with Gasteiger partial charge in [0.1, 0.15) is 5.75 Å². The maximum absolute atomic E-state index is 5.72. The predicted octanol–water partition coefficient (Wildman–Crippen LogP) is 1.83. The summed E-state index contributed by atoms with van der Waals surface area (Å²) in [4.78, 5) is 0. The van der Waals surface area contributed by atoms with Gasteiger partial charge in [0.2, 0.25) is 0 Å². The SMILES string of the molecule is COc1cc2c(cc1N)sn2C. The summed E-state index contributed by atoms with van der Waals surface area (Å²) in [5, 5.41) is 0. The zero-order chi connectivity index (χ0) is 8.72. The van der Waals surface area contributed by atoms with Gasteiger partial charge in [0, 0.05) is 13.1 Å². The normalized spacial score (nSPS) is 10.8. The van der Waals surface area contributed by atoms with Crippen LogP contribution < -0.4 is 10.5 Å². The van der Waals surface area contributed by atoms with Gasteiger partial charge in [-0.1, -0.05) is 11.5 Å². The van der Waals surface area contributed by atoms with E-state index in [1.807, 2.05) is 19.2 Å². The van der Waals surface area contributed by atoms with Crippen LogP contribution in [0.25, 0.3) is 10.2 Å². The van der Waals surface area contributed by atoms with Crippen LogP contribution in [0.15, 0.2) is 12.1 Å². The highest BCUT2D eigenvalue weighted by Crippen LogP contribution is 2.32. The minimum absolute atomic E-state index is 0.705. The van der Waals surface area contributed by atoms with Crippen molar-refractivity contribution in [3.63, 3.8) is 0 Å². The molecule has 0 saturated carbocycles. The summed E-state index contributed by atoms with van der Waals surface area (Å²) in [6.07, 6.45) is 0. The second kappa shape index (κ2) is 2.42. The lowest BCUT2D eigenvalue weighted by Crippen LogP contribution is -1.97. The van der Waals surface area contributed by atoms with E-state index in [0.29, 0.717) is 5.69 Å². The fraction of sp³-hybridized carbons (Fsp3) is 0.250. The number of fused-ring (bicyclic) bond motifs is 1. The number of aryl methyl sites for hydroxylation is 1. The molecule has 0 aliphatic rings. The van der Waals surface area contributed by atoms with Crippen molar-refractivity contribution in [1.82, 2.24) is 3.96 Å². The van der Waals surface area contributed by atoms with Gasteiger partial charge in [0.25, 0.3) is 0 Å². The zero-order valence-corrected chi connectivity index (χ0v) is 7.81. The van der Waals surface area contributed by atoms with E-state index < -0.39 is 0 Å². The van der Waals surface area contributed by atoms with Crippen LogP contribution >= 0.6 is 11.5 Å². The summed E-state index contributed by atoms with van der Waals surface area (Å²) in [7, 11) is 3.65. The molecular formula is C8H10N2OS. The van der Waals surface area contributed by atoms with Crippen molar-refractivity contribution in [1.29, 1.82) is 0 Å². The average molecular weight is 182 g/mol. The van der Waals surface area contributed by atoms with Crippen molar-refractivity contribution in [3.8, 4) is 5.75 Å². The van der Waals surface area contributed by atoms with Gasteiger partial charge >= 0.3 is 0 Å². The maximum atomic E-state index is 5.72. The molecule has 64 valence electrons. The standard InChI is InChI=1S/C8H10N2OS/c1-10-6-4-7(11-2)5(9)3-8(6)12-10/h3-4H,9H2,1-2H3. The highest BCUT2D eigenvalue weighted by Gasteiger charge is 2.07. The lowest BCUT2D eigenvalue weighted by molar-refractivity contribution is 0.417. The van der Waals surface area contributed by atoms with Gasteiger partial charge in [-0.2, -0.15) is 0 Å². The van der Waals surface area contributed by atoms with Crippen LogP contribution in [0.1, 0.15) is 0 Å². The number of aromatic nitrogens is 1. The summed E-state index contributed by atoms with van der Waals surface area (Å²) in [5.74, 6) is 0.751. The minimum atomic E-state index is 0.705. The van der Waals surface area contributed by atoms with Crippen LogP contribution in [0, 0.1) is 0 Å². The first-order valence-electron chi connectivity index (χ1n) is 3.61. The highest BCUT2D eigenvalue weighted by molar-refractivity contribution is 7.16.